The van der Waals surface area contributed by atoms with Crippen molar-refractivity contribution in [1.29, 1.82) is 0 Å². The van der Waals surface area contributed by atoms with Crippen LogP contribution in [-0.4, -0.2) is 38.4 Å². The SMILES string of the molecule is CC(C)C1CCCC(NC(=O)C(N)CCS(C)(=O)=O)C1. The quantitative estimate of drug-likeness (QED) is 0.768. The van der Waals surface area contributed by atoms with E-state index in [4.69, 9.17) is 5.73 Å². The van der Waals surface area contributed by atoms with Crippen LogP contribution < -0.4 is 11.1 Å². The molecular formula is C14H28N2O3S. The normalized spacial score (nSPS) is 25.4. The second-order valence-corrected chi connectivity index (χ2v) is 8.66. The maximum absolute atomic E-state index is 12.0. The van der Waals surface area contributed by atoms with Crippen LogP contribution in [0.4, 0.5) is 0 Å². The third kappa shape index (κ3) is 6.22. The van der Waals surface area contributed by atoms with E-state index in [2.05, 4.69) is 19.2 Å². The molecule has 3 N–H and O–H groups in total. The molecule has 0 heterocycles. The fourth-order valence-electron chi connectivity index (χ4n) is 2.74. The van der Waals surface area contributed by atoms with Crippen LogP contribution in [0.5, 0.6) is 0 Å². The van der Waals surface area contributed by atoms with Crippen molar-refractivity contribution in [1.82, 2.24) is 5.32 Å². The highest BCUT2D eigenvalue weighted by Crippen LogP contribution is 2.29. The third-order valence-corrected chi connectivity index (χ3v) is 5.12. The van der Waals surface area contributed by atoms with Gasteiger partial charge in [-0.3, -0.25) is 4.79 Å². The van der Waals surface area contributed by atoms with E-state index in [1.807, 2.05) is 0 Å². The molecule has 20 heavy (non-hydrogen) atoms. The van der Waals surface area contributed by atoms with Gasteiger partial charge >= 0.3 is 0 Å². The van der Waals surface area contributed by atoms with E-state index < -0.39 is 15.9 Å². The van der Waals surface area contributed by atoms with Gasteiger partial charge in [-0.15, -0.1) is 0 Å². The molecule has 3 unspecified atom stereocenters. The lowest BCUT2D eigenvalue weighted by Gasteiger charge is -2.32. The van der Waals surface area contributed by atoms with Crippen molar-refractivity contribution in [3.8, 4) is 0 Å². The van der Waals surface area contributed by atoms with E-state index >= 15 is 0 Å². The van der Waals surface area contributed by atoms with Crippen molar-refractivity contribution < 1.29 is 13.2 Å². The van der Waals surface area contributed by atoms with Crippen molar-refractivity contribution >= 4 is 15.7 Å². The Labute approximate surface area is 122 Å². The number of hydrogen-bond acceptors (Lipinski definition) is 4. The van der Waals surface area contributed by atoms with E-state index in [0.717, 1.165) is 25.5 Å². The molecule has 3 atom stereocenters. The number of nitrogens with two attached hydrogens (primary N) is 1. The maximum Gasteiger partial charge on any atom is 0.237 e. The number of carbonyl (C=O) groups is 1. The summed E-state index contributed by atoms with van der Waals surface area (Å²) in [6.07, 6.45) is 5.70. The Balaban J connectivity index is 2.41. The largest absolute Gasteiger partial charge is 0.352 e. The lowest BCUT2D eigenvalue weighted by Crippen LogP contribution is -2.47. The number of rotatable bonds is 6. The first-order valence-electron chi connectivity index (χ1n) is 7.42. The molecule has 0 spiro atoms. The van der Waals surface area contributed by atoms with E-state index in [9.17, 15) is 13.2 Å². The number of amides is 1. The highest BCUT2D eigenvalue weighted by atomic mass is 32.2. The first-order valence-corrected chi connectivity index (χ1v) is 9.48. The smallest absolute Gasteiger partial charge is 0.237 e. The molecule has 1 aliphatic rings. The summed E-state index contributed by atoms with van der Waals surface area (Å²) in [4.78, 5) is 12.0. The van der Waals surface area contributed by atoms with Crippen molar-refractivity contribution in [3.05, 3.63) is 0 Å². The minimum atomic E-state index is -3.07. The molecule has 1 saturated carbocycles. The molecule has 6 heteroatoms. The van der Waals surface area contributed by atoms with Crippen LogP contribution in [0.2, 0.25) is 0 Å². The topological polar surface area (TPSA) is 89.3 Å². The first-order chi connectivity index (χ1) is 9.19. The van der Waals surface area contributed by atoms with Gasteiger partial charge in [0.15, 0.2) is 0 Å². The number of hydrogen-bond donors (Lipinski definition) is 2. The fraction of sp³-hybridized carbons (Fsp3) is 0.929. The second-order valence-electron chi connectivity index (χ2n) is 6.40. The standard InChI is InChI=1S/C14H28N2O3S/c1-10(2)11-5-4-6-12(9-11)16-14(17)13(15)7-8-20(3,18)19/h10-13H,4-9,15H2,1-3H3,(H,16,17). The minimum Gasteiger partial charge on any atom is -0.352 e. The van der Waals surface area contributed by atoms with Crippen LogP contribution >= 0.6 is 0 Å². The van der Waals surface area contributed by atoms with Crippen LogP contribution in [0, 0.1) is 11.8 Å². The summed E-state index contributed by atoms with van der Waals surface area (Å²) in [6, 6.07) is -0.544. The van der Waals surface area contributed by atoms with E-state index in [0.29, 0.717) is 11.8 Å². The van der Waals surface area contributed by atoms with Crippen LogP contribution in [-0.2, 0) is 14.6 Å². The number of sulfone groups is 1. The van der Waals surface area contributed by atoms with Crippen LogP contribution in [0.25, 0.3) is 0 Å². The minimum absolute atomic E-state index is 0.0408. The van der Waals surface area contributed by atoms with Crippen LogP contribution in [0.1, 0.15) is 46.0 Å². The zero-order valence-corrected chi connectivity index (χ0v) is 13.6. The molecule has 0 radical (unpaired) electrons. The summed E-state index contributed by atoms with van der Waals surface area (Å²) in [6.45, 7) is 4.43. The molecule has 0 saturated heterocycles. The molecular weight excluding hydrogens is 276 g/mol. The Bertz CT molecular complexity index is 420. The molecule has 1 amide bonds. The molecule has 0 aromatic carbocycles. The van der Waals surface area contributed by atoms with Gasteiger partial charge in [0.2, 0.25) is 5.91 Å². The van der Waals surface area contributed by atoms with Gasteiger partial charge in [-0.25, -0.2) is 8.42 Å². The summed E-state index contributed by atoms with van der Waals surface area (Å²) in [7, 11) is -3.07. The molecule has 5 nitrogen and oxygen atoms in total. The molecule has 1 aliphatic carbocycles. The molecule has 118 valence electrons. The third-order valence-electron chi connectivity index (χ3n) is 4.14. The fourth-order valence-corrected chi connectivity index (χ4v) is 3.43. The number of nitrogens with one attached hydrogen (secondary N) is 1. The Morgan fingerprint density at radius 2 is 2.00 bits per heavy atom. The highest BCUT2D eigenvalue weighted by Gasteiger charge is 2.26. The molecule has 1 rings (SSSR count). The van der Waals surface area contributed by atoms with Gasteiger partial charge in [0.25, 0.3) is 0 Å². The summed E-state index contributed by atoms with van der Waals surface area (Å²) < 4.78 is 22.2. The number of carbonyl (C=O) groups excluding carboxylic acids is 1. The molecule has 0 aromatic heterocycles. The molecule has 0 aromatic rings. The van der Waals surface area contributed by atoms with Gasteiger partial charge in [-0.2, -0.15) is 0 Å². The average molecular weight is 304 g/mol. The van der Waals surface area contributed by atoms with E-state index in [1.54, 1.807) is 0 Å². The van der Waals surface area contributed by atoms with Crippen molar-refractivity contribution in [2.45, 2.75) is 58.0 Å². The molecule has 0 aliphatic heterocycles. The van der Waals surface area contributed by atoms with Crippen molar-refractivity contribution in [3.63, 3.8) is 0 Å². The predicted molar refractivity (Wildman–Crippen MR) is 81.0 cm³/mol. The average Bonchev–Trinajstić information content (AvgIpc) is 2.35. The second kappa shape index (κ2) is 7.41. The van der Waals surface area contributed by atoms with Gasteiger partial charge < -0.3 is 11.1 Å². The zero-order valence-electron chi connectivity index (χ0n) is 12.8. The molecule has 0 bridgehead atoms. The lowest BCUT2D eigenvalue weighted by molar-refractivity contribution is -0.123. The summed E-state index contributed by atoms with van der Waals surface area (Å²) in [5.74, 6) is 1.03. The van der Waals surface area contributed by atoms with Gasteiger partial charge in [-0.05, 0) is 31.1 Å². The lowest BCUT2D eigenvalue weighted by atomic mass is 9.79. The van der Waals surface area contributed by atoms with Gasteiger partial charge in [-0.1, -0.05) is 26.7 Å². The zero-order chi connectivity index (χ0) is 15.3. The maximum atomic E-state index is 12.0. The van der Waals surface area contributed by atoms with Crippen LogP contribution in [0.15, 0.2) is 0 Å². The Hall–Kier alpha value is -0.620. The van der Waals surface area contributed by atoms with Crippen LogP contribution in [0.3, 0.4) is 0 Å². The first kappa shape index (κ1) is 17.4. The predicted octanol–water partition coefficient (Wildman–Crippen LogP) is 1.08. The van der Waals surface area contributed by atoms with Gasteiger partial charge in [0.05, 0.1) is 11.8 Å². The van der Waals surface area contributed by atoms with Crippen molar-refractivity contribution in [2.24, 2.45) is 17.6 Å². The monoisotopic (exact) mass is 304 g/mol. The Morgan fingerprint density at radius 1 is 1.35 bits per heavy atom. The van der Waals surface area contributed by atoms with E-state index in [-0.39, 0.29) is 24.1 Å². The summed E-state index contributed by atoms with van der Waals surface area (Å²) in [5, 5.41) is 2.98. The Morgan fingerprint density at radius 3 is 2.55 bits per heavy atom. The summed E-state index contributed by atoms with van der Waals surface area (Å²) >= 11 is 0. The molecule has 1 fully saturated rings. The van der Waals surface area contributed by atoms with Crippen molar-refractivity contribution in [2.75, 3.05) is 12.0 Å². The summed E-state index contributed by atoms with van der Waals surface area (Å²) in [5.41, 5.74) is 5.76. The van der Waals surface area contributed by atoms with Gasteiger partial charge in [0, 0.05) is 12.3 Å². The van der Waals surface area contributed by atoms with Gasteiger partial charge in [0.1, 0.15) is 9.84 Å². The Kier molecular flexibility index (Phi) is 6.45. The highest BCUT2D eigenvalue weighted by molar-refractivity contribution is 7.90. The van der Waals surface area contributed by atoms with E-state index in [1.165, 1.54) is 6.42 Å².